The van der Waals surface area contributed by atoms with Crippen LogP contribution in [0.2, 0.25) is 0 Å². The third kappa shape index (κ3) is 25.4. The number of hydrogen-bond acceptors (Lipinski definition) is 57. The third-order valence-electron chi connectivity index (χ3n) is 24.7. The molecule has 0 aromatic carbocycles. The zero-order valence-electron chi connectivity index (χ0n) is 73.3. The van der Waals surface area contributed by atoms with Crippen LogP contribution in [-0.2, 0) is 138 Å². The number of aliphatic hydroxyl groups is 28. The Kier molecular flexibility index (Phi) is 40.1. The van der Waals surface area contributed by atoms with Gasteiger partial charge in [0.2, 0.25) is 23.6 Å². The van der Waals surface area contributed by atoms with Gasteiger partial charge in [0, 0.05) is 27.7 Å². The SMILES string of the molecule is CC(=O)N[C@@H]1[C@@H](O)[C@H](O[C@@H]2O[C@H](CO)[C@@H](O[C@@H]3O[C@H](CO[C@H]4O[C@H](CO)[C@@H](O)[C@H](O[C@H]5O[C@H](CO)[C@@H](O)[C@H](O)[C@@H]5O)[C@@H]4O)[C@@H](O[C@@H]4O[C@H](CO)[C@@H](O)[C@H](O)[C@H]4NC(C)=O)[C@H](O[C@H]4O[C@H](CO)[C@@H](O)[C@H](O)[C@@H]4O[C@@H]4O[C@H](CO)[C@@H](O[C@@H]5O[C@H](CO)[C@H](O)[C@H](O[C@@H]6O[C@H](C(=O)O)[C@@H](O)[C@H](OS(=O)(=O)O)[C@H]6O)[C@H]5O)[C@H](O)[C@H]4NC(C)=O)[C@@H]3O)[C@H](O)[C@H]2NC(C)=O)[C@@H](CO[C@@H]2O[C@@H](C)[C@@H](O)[C@@H](O)[C@@H]2O)O[C@H]1O. The van der Waals surface area contributed by atoms with Crippen molar-refractivity contribution in [1.82, 2.24) is 21.3 Å². The van der Waals surface area contributed by atoms with Gasteiger partial charge in [-0.3, -0.25) is 23.7 Å². The summed E-state index contributed by atoms with van der Waals surface area (Å²) in [7, 11) is -5.67. The van der Waals surface area contributed by atoms with Crippen LogP contribution in [0.15, 0.2) is 0 Å². The van der Waals surface area contributed by atoms with Crippen LogP contribution >= 0.6 is 0 Å². The minimum absolute atomic E-state index is 0.815. The standard InChI is InChI=1S/C74H122N4O59S/c1-15-33(90)43(100)46(103)68(118-15)116-13-27-55(40(97)29(64(112)119-27)75-16(2)86)128-66-31(77-18(4)88)41(98)54(25(11-84)125-66)130-72-52(109)60(56(131-65-30(76-17(3)87)39(96)34(91)20(6-79)120-65)28(127-72)14-117-69-49(106)57(37(94)23(9-82)121-69)132-70-47(104)44(101)35(92)21(7-80)122-70)134-74-62(45(102)36(93)22(8-81)124-74)136-67-32(78-19(5)89)42(99)53(26(12-85)126-67)129-71-50(107)58(38(95)24(10-83)123-71)133-73-51(108)59(137-138(113,114)115)48(105)61(135-73)63(110)111/h15,20-62,64-74,79-85,90-109,112H,6-14H2,1-5H3,(H,75,86)(H,76,87)(H,77,88)(H,78,89)(H,110,111)(H,113,114,115)/t15-,20+,21+,22+,23+,24+,25+,26+,27+,28+,29+,30+,31+,32+,33+,34+,35+,36+,37+,38-,39+,40+,41+,42+,43+,44-,45-,46-,47-,48-,49-,50+,51+,52-,53+,54+,55+,56+,57-,58-,59-,60+,61-,62-,64+,65-,66-,67-,68+,69-,70+,71-,72-,73+,74+/m0/s1. The molecule has 64 heteroatoms. The van der Waals surface area contributed by atoms with Crippen LogP contribution in [0, 0.1) is 0 Å². The minimum Gasteiger partial charge on any atom is -0.479 e. The fourth-order valence-electron chi connectivity index (χ4n) is 17.5. The molecule has 63 nitrogen and oxygen atoms in total. The van der Waals surface area contributed by atoms with Gasteiger partial charge in [0.15, 0.2) is 75.3 Å². The number of hydrogen-bond donors (Lipinski definition) is 34. The van der Waals surface area contributed by atoms with Crippen molar-refractivity contribution in [2.75, 3.05) is 59.5 Å². The average Bonchev–Trinajstić information content (AvgIpc) is 0.730. The van der Waals surface area contributed by atoms with E-state index in [1.807, 2.05) is 0 Å². The molecule has 11 saturated heterocycles. The number of ether oxygens (including phenoxy) is 21. The van der Waals surface area contributed by atoms with Crippen LogP contribution in [0.1, 0.15) is 34.6 Å². The van der Waals surface area contributed by atoms with Crippen molar-refractivity contribution < 1.29 is 289 Å². The van der Waals surface area contributed by atoms with E-state index in [0.29, 0.717) is 0 Å². The molecule has 0 aliphatic carbocycles. The number of nitrogens with one attached hydrogen (secondary N) is 4. The van der Waals surface area contributed by atoms with E-state index in [9.17, 15) is 185 Å². The van der Waals surface area contributed by atoms with Crippen LogP contribution in [-0.4, -0.2) is 588 Å². The van der Waals surface area contributed by atoms with E-state index in [4.69, 9.17) is 99.5 Å². The summed E-state index contributed by atoms with van der Waals surface area (Å²) >= 11 is 0. The molecule has 0 aromatic rings. The maximum atomic E-state index is 13.5. The Hall–Kier alpha value is -4.74. The van der Waals surface area contributed by atoms with E-state index in [1.165, 1.54) is 6.92 Å². The average molecular weight is 2040 g/mol. The Morgan fingerprint density at radius 2 is 0.558 bits per heavy atom. The molecule has 34 N–H and O–H groups in total. The molecule has 0 radical (unpaired) electrons. The number of carbonyl (C=O) groups is 5. The van der Waals surface area contributed by atoms with Gasteiger partial charge in [-0.25, -0.2) is 8.98 Å². The number of carboxylic acid groups (broad SMARTS) is 1. The van der Waals surface area contributed by atoms with E-state index in [1.54, 1.807) is 0 Å². The highest BCUT2D eigenvalue weighted by molar-refractivity contribution is 7.80. The summed E-state index contributed by atoms with van der Waals surface area (Å²) in [4.78, 5) is 64.8. The molecule has 0 bridgehead atoms. The van der Waals surface area contributed by atoms with E-state index in [0.717, 1.165) is 27.7 Å². The lowest BCUT2D eigenvalue weighted by Crippen LogP contribution is -2.71. The summed E-state index contributed by atoms with van der Waals surface area (Å²) in [6.45, 7) is -6.33. The summed E-state index contributed by atoms with van der Waals surface area (Å²) in [5.41, 5.74) is 0. The monoisotopic (exact) mass is 2040 g/mol. The van der Waals surface area contributed by atoms with Gasteiger partial charge in [0.25, 0.3) is 0 Å². The molecule has 11 aliphatic rings. The second-order valence-electron chi connectivity index (χ2n) is 34.3. The normalized spacial score (nSPS) is 48.8. The first-order valence-corrected chi connectivity index (χ1v) is 44.5. The first-order valence-electron chi connectivity index (χ1n) is 43.2. The molecule has 0 unspecified atom stereocenters. The molecule has 55 atom stereocenters. The summed E-state index contributed by atoms with van der Waals surface area (Å²) in [6, 6.07) is -8.28. The van der Waals surface area contributed by atoms with Crippen molar-refractivity contribution in [3.8, 4) is 0 Å². The number of carboxylic acids is 1. The highest BCUT2D eigenvalue weighted by atomic mass is 32.3. The number of amides is 4. The first kappa shape index (κ1) is 114. The van der Waals surface area contributed by atoms with Crippen molar-refractivity contribution in [2.45, 2.75) is 372 Å². The van der Waals surface area contributed by atoms with E-state index in [2.05, 4.69) is 25.5 Å². The number of aliphatic hydroxyl groups excluding tert-OH is 28. The maximum Gasteiger partial charge on any atom is 0.397 e. The molecule has 0 saturated carbocycles. The number of aliphatic carboxylic acids is 1. The van der Waals surface area contributed by atoms with E-state index >= 15 is 0 Å². The van der Waals surface area contributed by atoms with Crippen LogP contribution < -0.4 is 21.3 Å². The van der Waals surface area contributed by atoms with Crippen LogP contribution in [0.3, 0.4) is 0 Å². The lowest BCUT2D eigenvalue weighted by molar-refractivity contribution is -0.409. The lowest BCUT2D eigenvalue weighted by atomic mass is 9.93. The quantitative estimate of drug-likeness (QED) is 0.0259. The Labute approximate surface area is 779 Å². The largest absolute Gasteiger partial charge is 0.479 e. The van der Waals surface area contributed by atoms with Gasteiger partial charge >= 0.3 is 16.4 Å². The van der Waals surface area contributed by atoms with Crippen molar-refractivity contribution in [2.24, 2.45) is 0 Å². The summed E-state index contributed by atoms with van der Waals surface area (Å²) < 4.78 is 163. The molecular weight excluding hydrogens is 1920 g/mol. The first-order chi connectivity index (χ1) is 65.0. The molecule has 11 fully saturated rings. The Morgan fingerprint density at radius 3 is 1.01 bits per heavy atom. The summed E-state index contributed by atoms with van der Waals surface area (Å²) in [5, 5.41) is 337. The van der Waals surface area contributed by atoms with Gasteiger partial charge in [-0.05, 0) is 6.92 Å². The fraction of sp³-hybridized carbons (Fsp3) is 0.932. The number of rotatable bonds is 36. The van der Waals surface area contributed by atoms with Gasteiger partial charge < -0.3 is 269 Å². The van der Waals surface area contributed by atoms with Crippen LogP contribution in [0.25, 0.3) is 0 Å². The third-order valence-corrected chi connectivity index (χ3v) is 25.2. The van der Waals surface area contributed by atoms with Crippen molar-refractivity contribution in [3.05, 3.63) is 0 Å². The van der Waals surface area contributed by atoms with E-state index in [-0.39, 0.29) is 0 Å². The predicted molar refractivity (Wildman–Crippen MR) is 418 cm³/mol. The van der Waals surface area contributed by atoms with Gasteiger partial charge in [-0.15, -0.1) is 0 Å². The molecule has 0 spiro atoms. The topological polar surface area (TPSA) is 978 Å². The molecule has 4 amide bonds. The van der Waals surface area contributed by atoms with Gasteiger partial charge in [-0.2, -0.15) is 8.42 Å². The Balaban J connectivity index is 0.979. The summed E-state index contributed by atoms with van der Waals surface area (Å²) in [5.74, 6) is -6.21. The molecule has 0 aromatic heterocycles. The van der Waals surface area contributed by atoms with E-state index < -0.39 is 437 Å². The highest BCUT2D eigenvalue weighted by Crippen LogP contribution is 2.43. The predicted octanol–water partition coefficient (Wildman–Crippen LogP) is -23.5. The maximum absolute atomic E-state index is 13.5. The van der Waals surface area contributed by atoms with Crippen LogP contribution in [0.5, 0.6) is 0 Å². The zero-order valence-corrected chi connectivity index (χ0v) is 74.1. The molecule has 11 rings (SSSR count). The minimum atomic E-state index is -5.67. The van der Waals surface area contributed by atoms with Crippen molar-refractivity contribution >= 4 is 40.0 Å². The zero-order chi connectivity index (χ0) is 102. The molecule has 11 heterocycles. The fourth-order valence-corrected chi connectivity index (χ4v) is 18.0. The smallest absolute Gasteiger partial charge is 0.397 e. The van der Waals surface area contributed by atoms with Gasteiger partial charge in [0.05, 0.1) is 65.6 Å². The lowest BCUT2D eigenvalue weighted by Gasteiger charge is -2.52. The molecule has 11 aliphatic heterocycles. The Morgan fingerprint density at radius 1 is 0.261 bits per heavy atom. The van der Waals surface area contributed by atoms with Crippen molar-refractivity contribution in [1.29, 1.82) is 0 Å². The highest BCUT2D eigenvalue weighted by Gasteiger charge is 2.64. The van der Waals surface area contributed by atoms with Gasteiger partial charge in [-0.1, -0.05) is 0 Å². The molecular formula is C74H122N4O59S. The second kappa shape index (κ2) is 48.7. The summed E-state index contributed by atoms with van der Waals surface area (Å²) in [6.07, 6.45) is -116. The van der Waals surface area contributed by atoms with Crippen molar-refractivity contribution in [3.63, 3.8) is 0 Å². The van der Waals surface area contributed by atoms with Gasteiger partial charge in [0.1, 0.15) is 256 Å². The Bertz CT molecular complexity index is 4010. The number of carbonyl (C=O) groups excluding carboxylic acids is 4. The second-order valence-corrected chi connectivity index (χ2v) is 35.4. The molecule has 138 heavy (non-hydrogen) atoms. The van der Waals surface area contributed by atoms with Crippen LogP contribution in [0.4, 0.5) is 0 Å². The molecule has 798 valence electrons.